The lowest BCUT2D eigenvalue weighted by molar-refractivity contribution is 0.911. The SMILES string of the molecule is O=c1cc(NCCc2ccccc2)c(=NCCc2ccccc2)nc2ccccn12. The number of anilines is 1. The van der Waals surface area contributed by atoms with Crippen molar-refractivity contribution in [2.45, 2.75) is 12.8 Å². The predicted molar refractivity (Wildman–Crippen MR) is 121 cm³/mol. The standard InChI is InChI=1S/C25H24N4O/c30-24-19-22(26-16-14-20-9-3-1-4-10-20)25(28-23-13-7-8-18-29(23)24)27-17-15-21-11-5-2-6-12-21/h1-13,18-19,26H,14-17H2. The van der Waals surface area contributed by atoms with Crippen LogP contribution in [0.15, 0.2) is 101 Å². The Bertz CT molecular complexity index is 1230. The molecule has 150 valence electrons. The van der Waals surface area contributed by atoms with Gasteiger partial charge in [-0.2, -0.15) is 0 Å². The minimum absolute atomic E-state index is 0.134. The molecule has 5 nitrogen and oxygen atoms in total. The van der Waals surface area contributed by atoms with E-state index in [2.05, 4.69) is 34.6 Å². The molecule has 1 N–H and O–H groups in total. The first-order valence-corrected chi connectivity index (χ1v) is 10.1. The van der Waals surface area contributed by atoms with Crippen LogP contribution in [0.5, 0.6) is 0 Å². The van der Waals surface area contributed by atoms with Gasteiger partial charge in [0.15, 0.2) is 5.49 Å². The summed E-state index contributed by atoms with van der Waals surface area (Å²) in [6.45, 7) is 1.29. The zero-order valence-corrected chi connectivity index (χ0v) is 16.7. The molecule has 0 spiro atoms. The number of hydrogen-bond acceptors (Lipinski definition) is 4. The van der Waals surface area contributed by atoms with E-state index in [1.807, 2.05) is 54.6 Å². The number of nitrogens with one attached hydrogen (secondary N) is 1. The average Bonchev–Trinajstić information content (AvgIpc) is 2.92. The van der Waals surface area contributed by atoms with E-state index >= 15 is 0 Å². The Hall–Kier alpha value is -3.73. The molecular formula is C25H24N4O. The second-order valence-corrected chi connectivity index (χ2v) is 7.04. The summed E-state index contributed by atoms with van der Waals surface area (Å²) >= 11 is 0. The van der Waals surface area contributed by atoms with Crippen molar-refractivity contribution in [2.24, 2.45) is 4.99 Å². The number of hydrogen-bond donors (Lipinski definition) is 1. The first kappa shape index (κ1) is 19.6. The number of benzene rings is 2. The number of nitrogens with zero attached hydrogens (tertiary/aromatic N) is 3. The lowest BCUT2D eigenvalue weighted by atomic mass is 10.1. The summed E-state index contributed by atoms with van der Waals surface area (Å²) in [5.41, 5.74) is 4.13. The number of pyridine rings is 1. The van der Waals surface area contributed by atoms with Crippen LogP contribution in [0.2, 0.25) is 0 Å². The number of rotatable bonds is 7. The number of aromatic nitrogens is 2. The van der Waals surface area contributed by atoms with Gasteiger partial charge in [0.05, 0.1) is 5.69 Å². The lowest BCUT2D eigenvalue weighted by Crippen LogP contribution is -2.17. The highest BCUT2D eigenvalue weighted by molar-refractivity contribution is 5.44. The topological polar surface area (TPSA) is 58.8 Å². The Morgan fingerprint density at radius 2 is 1.50 bits per heavy atom. The second-order valence-electron chi connectivity index (χ2n) is 7.04. The Balaban J connectivity index is 1.64. The summed E-state index contributed by atoms with van der Waals surface area (Å²) < 4.78 is 1.54. The summed E-state index contributed by atoms with van der Waals surface area (Å²) in [6.07, 6.45) is 3.40. The maximum absolute atomic E-state index is 12.7. The van der Waals surface area contributed by atoms with Crippen molar-refractivity contribution in [2.75, 3.05) is 18.4 Å². The normalized spacial score (nSPS) is 11.5. The fourth-order valence-electron chi connectivity index (χ4n) is 3.31. The third-order valence-corrected chi connectivity index (χ3v) is 4.88. The van der Waals surface area contributed by atoms with E-state index in [1.165, 1.54) is 11.1 Å². The van der Waals surface area contributed by atoms with Crippen LogP contribution in [0.3, 0.4) is 0 Å². The molecule has 0 amide bonds. The summed E-state index contributed by atoms with van der Waals surface area (Å²) in [4.78, 5) is 22.1. The van der Waals surface area contributed by atoms with E-state index in [9.17, 15) is 4.79 Å². The van der Waals surface area contributed by atoms with Gasteiger partial charge in [0.25, 0.3) is 5.56 Å². The molecule has 2 aromatic heterocycles. The first-order valence-electron chi connectivity index (χ1n) is 10.1. The van der Waals surface area contributed by atoms with Gasteiger partial charge in [0.2, 0.25) is 0 Å². The molecule has 0 radical (unpaired) electrons. The molecule has 0 unspecified atom stereocenters. The summed E-state index contributed by atoms with van der Waals surface area (Å²) in [6, 6.07) is 27.6. The highest BCUT2D eigenvalue weighted by Gasteiger charge is 2.03. The molecule has 0 saturated heterocycles. The van der Waals surface area contributed by atoms with Gasteiger partial charge in [0.1, 0.15) is 5.65 Å². The van der Waals surface area contributed by atoms with Crippen molar-refractivity contribution >= 4 is 11.3 Å². The fraction of sp³-hybridized carbons (Fsp3) is 0.160. The van der Waals surface area contributed by atoms with Crippen molar-refractivity contribution in [1.82, 2.24) is 9.38 Å². The van der Waals surface area contributed by atoms with Crippen molar-refractivity contribution in [1.29, 1.82) is 0 Å². The zero-order chi connectivity index (χ0) is 20.6. The molecule has 4 rings (SSSR count). The van der Waals surface area contributed by atoms with Crippen LogP contribution in [-0.2, 0) is 12.8 Å². The van der Waals surface area contributed by atoms with Gasteiger partial charge in [-0.15, -0.1) is 0 Å². The Morgan fingerprint density at radius 3 is 2.23 bits per heavy atom. The van der Waals surface area contributed by atoms with Crippen LogP contribution >= 0.6 is 0 Å². The molecule has 2 aromatic carbocycles. The maximum Gasteiger partial charge on any atom is 0.258 e. The smallest absolute Gasteiger partial charge is 0.258 e. The lowest BCUT2D eigenvalue weighted by Gasteiger charge is -2.05. The molecule has 0 saturated carbocycles. The van der Waals surface area contributed by atoms with Crippen LogP contribution in [0.4, 0.5) is 5.69 Å². The van der Waals surface area contributed by atoms with E-state index in [-0.39, 0.29) is 5.56 Å². The molecule has 0 atom stereocenters. The fourth-order valence-corrected chi connectivity index (χ4v) is 3.31. The van der Waals surface area contributed by atoms with Gasteiger partial charge >= 0.3 is 0 Å². The third kappa shape index (κ3) is 5.00. The van der Waals surface area contributed by atoms with Gasteiger partial charge in [0, 0.05) is 25.4 Å². The van der Waals surface area contributed by atoms with Crippen LogP contribution in [0, 0.1) is 0 Å². The highest BCUT2D eigenvalue weighted by atomic mass is 16.1. The zero-order valence-electron chi connectivity index (χ0n) is 16.7. The van der Waals surface area contributed by atoms with Gasteiger partial charge in [-0.05, 0) is 36.1 Å². The highest BCUT2D eigenvalue weighted by Crippen LogP contribution is 2.03. The molecule has 2 heterocycles. The van der Waals surface area contributed by atoms with Crippen molar-refractivity contribution in [3.63, 3.8) is 0 Å². The Labute approximate surface area is 175 Å². The summed E-state index contributed by atoms with van der Waals surface area (Å²) in [5, 5.41) is 3.38. The molecule has 0 fully saturated rings. The van der Waals surface area contributed by atoms with Gasteiger partial charge in [-0.3, -0.25) is 14.2 Å². The molecule has 4 aromatic rings. The quantitative estimate of drug-likeness (QED) is 0.520. The van der Waals surface area contributed by atoms with Crippen molar-refractivity contribution < 1.29 is 0 Å². The molecule has 0 aliphatic carbocycles. The molecule has 0 aliphatic rings. The molecule has 0 bridgehead atoms. The van der Waals surface area contributed by atoms with Crippen molar-refractivity contribution in [3.8, 4) is 0 Å². The van der Waals surface area contributed by atoms with Crippen LogP contribution in [0.1, 0.15) is 11.1 Å². The van der Waals surface area contributed by atoms with E-state index in [0.29, 0.717) is 29.9 Å². The summed E-state index contributed by atoms with van der Waals surface area (Å²) in [5.74, 6) is 0. The Morgan fingerprint density at radius 1 is 0.833 bits per heavy atom. The first-order chi connectivity index (χ1) is 14.8. The monoisotopic (exact) mass is 396 g/mol. The van der Waals surface area contributed by atoms with Crippen LogP contribution in [-0.4, -0.2) is 22.5 Å². The molecule has 5 heteroatoms. The van der Waals surface area contributed by atoms with Gasteiger partial charge < -0.3 is 5.32 Å². The predicted octanol–water partition coefficient (Wildman–Crippen LogP) is 3.49. The van der Waals surface area contributed by atoms with E-state index < -0.39 is 0 Å². The summed E-state index contributed by atoms with van der Waals surface area (Å²) in [7, 11) is 0. The minimum atomic E-state index is -0.134. The minimum Gasteiger partial charge on any atom is -0.382 e. The molecule has 0 aliphatic heterocycles. The largest absolute Gasteiger partial charge is 0.382 e. The third-order valence-electron chi connectivity index (χ3n) is 4.88. The van der Waals surface area contributed by atoms with Gasteiger partial charge in [-0.25, -0.2) is 4.98 Å². The van der Waals surface area contributed by atoms with Gasteiger partial charge in [-0.1, -0.05) is 66.7 Å². The maximum atomic E-state index is 12.7. The molecule has 30 heavy (non-hydrogen) atoms. The molecular weight excluding hydrogens is 372 g/mol. The number of fused-ring (bicyclic) bond motifs is 1. The average molecular weight is 396 g/mol. The van der Waals surface area contributed by atoms with E-state index in [1.54, 1.807) is 16.7 Å². The van der Waals surface area contributed by atoms with Crippen LogP contribution in [0.25, 0.3) is 5.65 Å². The van der Waals surface area contributed by atoms with Crippen molar-refractivity contribution in [3.05, 3.63) is 118 Å². The van der Waals surface area contributed by atoms with Crippen LogP contribution < -0.4 is 16.4 Å². The second kappa shape index (κ2) is 9.65. The van der Waals surface area contributed by atoms with E-state index in [4.69, 9.17) is 4.99 Å². The van der Waals surface area contributed by atoms with E-state index in [0.717, 1.165) is 12.8 Å². The Kier molecular flexibility index (Phi) is 6.30.